The predicted octanol–water partition coefficient (Wildman–Crippen LogP) is 3.24. The van der Waals surface area contributed by atoms with Gasteiger partial charge in [-0.05, 0) is 17.7 Å². The zero-order valence-electron chi connectivity index (χ0n) is 17.3. The molecular weight excluding hydrogens is 466 g/mol. The molecule has 0 atom stereocenters. The van der Waals surface area contributed by atoms with Crippen LogP contribution in [0.3, 0.4) is 0 Å². The smallest absolute Gasteiger partial charge is 0.243 e. The lowest BCUT2D eigenvalue weighted by Crippen LogP contribution is -2.40. The number of carbonyl (C=O) groups is 1. The molecule has 4 rings (SSSR count). The number of carbonyl (C=O) groups excluding carboxylic acids is 1. The van der Waals surface area contributed by atoms with Gasteiger partial charge in [-0.2, -0.15) is 4.31 Å². The van der Waals surface area contributed by atoms with Crippen molar-refractivity contribution in [1.29, 1.82) is 0 Å². The van der Waals surface area contributed by atoms with E-state index in [0.717, 1.165) is 21.2 Å². The van der Waals surface area contributed by atoms with Gasteiger partial charge in [0.15, 0.2) is 4.34 Å². The van der Waals surface area contributed by atoms with Crippen molar-refractivity contribution in [1.82, 2.24) is 14.6 Å². The number of amides is 1. The van der Waals surface area contributed by atoms with E-state index in [1.807, 2.05) is 35.7 Å². The van der Waals surface area contributed by atoms with E-state index >= 15 is 0 Å². The van der Waals surface area contributed by atoms with E-state index in [4.69, 9.17) is 4.74 Å². The summed E-state index contributed by atoms with van der Waals surface area (Å²) in [5.74, 6) is 0.169. The van der Waals surface area contributed by atoms with Gasteiger partial charge in [-0.15, -0.1) is 11.3 Å². The van der Waals surface area contributed by atoms with Gasteiger partial charge in [0.1, 0.15) is 0 Å². The minimum atomic E-state index is -3.51. The fraction of sp³-hybridized carbons (Fsp3) is 0.273. The summed E-state index contributed by atoms with van der Waals surface area (Å²) in [6, 6.07) is 16.6. The lowest BCUT2D eigenvalue weighted by Gasteiger charge is -2.26. The predicted molar refractivity (Wildman–Crippen MR) is 126 cm³/mol. The first-order chi connectivity index (χ1) is 15.5. The van der Waals surface area contributed by atoms with E-state index < -0.39 is 10.0 Å². The van der Waals surface area contributed by atoms with Gasteiger partial charge in [0.2, 0.25) is 15.9 Å². The zero-order valence-corrected chi connectivity index (χ0v) is 19.7. The van der Waals surface area contributed by atoms with Crippen LogP contribution in [0.5, 0.6) is 0 Å². The van der Waals surface area contributed by atoms with Gasteiger partial charge in [0.25, 0.3) is 0 Å². The molecule has 1 aliphatic heterocycles. The van der Waals surface area contributed by atoms with Gasteiger partial charge >= 0.3 is 0 Å². The fourth-order valence-electron chi connectivity index (χ4n) is 3.16. The molecule has 0 aliphatic carbocycles. The number of rotatable bonds is 8. The van der Waals surface area contributed by atoms with Gasteiger partial charge in [-0.3, -0.25) is 4.79 Å². The highest BCUT2D eigenvalue weighted by Crippen LogP contribution is 2.28. The quantitative estimate of drug-likeness (QED) is 0.489. The molecule has 3 aromatic rings. The highest BCUT2D eigenvalue weighted by molar-refractivity contribution is 8.01. The van der Waals surface area contributed by atoms with Crippen LogP contribution in [0.4, 0.5) is 0 Å². The van der Waals surface area contributed by atoms with Gasteiger partial charge in [0, 0.05) is 30.6 Å². The van der Waals surface area contributed by atoms with Crippen molar-refractivity contribution >= 4 is 39.0 Å². The third-order valence-electron chi connectivity index (χ3n) is 4.90. The summed E-state index contributed by atoms with van der Waals surface area (Å²) in [4.78, 5) is 17.1. The first kappa shape index (κ1) is 22.9. The topological polar surface area (TPSA) is 88.6 Å². The number of sulfonamides is 1. The van der Waals surface area contributed by atoms with Crippen molar-refractivity contribution in [2.45, 2.75) is 15.8 Å². The monoisotopic (exact) mass is 489 g/mol. The maximum Gasteiger partial charge on any atom is 0.243 e. The average Bonchev–Trinajstić information content (AvgIpc) is 3.32. The molecule has 32 heavy (non-hydrogen) atoms. The molecule has 1 amide bonds. The van der Waals surface area contributed by atoms with E-state index in [0.29, 0.717) is 32.8 Å². The molecule has 1 aromatic heterocycles. The molecule has 0 saturated carbocycles. The van der Waals surface area contributed by atoms with Crippen molar-refractivity contribution in [2.24, 2.45) is 0 Å². The van der Waals surface area contributed by atoms with Crippen molar-refractivity contribution in [3.05, 3.63) is 65.5 Å². The van der Waals surface area contributed by atoms with E-state index in [-0.39, 0.29) is 16.6 Å². The van der Waals surface area contributed by atoms with Crippen LogP contribution in [0.1, 0.15) is 5.56 Å². The van der Waals surface area contributed by atoms with Crippen LogP contribution in [-0.2, 0) is 26.1 Å². The Labute approximate surface area is 195 Å². The molecule has 2 heterocycles. The zero-order chi connectivity index (χ0) is 22.4. The first-order valence-electron chi connectivity index (χ1n) is 10.1. The minimum absolute atomic E-state index is 0.100. The summed E-state index contributed by atoms with van der Waals surface area (Å²) in [6.07, 6.45) is 0. The largest absolute Gasteiger partial charge is 0.379 e. The summed E-state index contributed by atoms with van der Waals surface area (Å²) in [7, 11) is -3.51. The Morgan fingerprint density at radius 3 is 2.53 bits per heavy atom. The Morgan fingerprint density at radius 2 is 1.81 bits per heavy atom. The van der Waals surface area contributed by atoms with Gasteiger partial charge in [-0.25, -0.2) is 13.4 Å². The Kier molecular flexibility index (Phi) is 7.59. The third kappa shape index (κ3) is 5.76. The number of aromatic nitrogens is 1. The number of hydrogen-bond acceptors (Lipinski definition) is 7. The highest BCUT2D eigenvalue weighted by atomic mass is 32.2. The molecule has 10 heteroatoms. The number of nitrogens with one attached hydrogen (secondary N) is 1. The Morgan fingerprint density at radius 1 is 1.09 bits per heavy atom. The second-order valence-electron chi connectivity index (χ2n) is 7.09. The first-order valence-corrected chi connectivity index (χ1v) is 13.4. The van der Waals surface area contributed by atoms with Gasteiger partial charge in [0.05, 0.1) is 29.6 Å². The van der Waals surface area contributed by atoms with Crippen LogP contribution in [-0.4, -0.2) is 55.7 Å². The van der Waals surface area contributed by atoms with Crippen LogP contribution < -0.4 is 5.32 Å². The number of morpholine rings is 1. The molecule has 1 aliphatic rings. The maximum absolute atomic E-state index is 12.7. The average molecular weight is 490 g/mol. The summed E-state index contributed by atoms with van der Waals surface area (Å²) in [5.41, 5.74) is 2.80. The molecule has 1 fully saturated rings. The minimum Gasteiger partial charge on any atom is -0.379 e. The van der Waals surface area contributed by atoms with Gasteiger partial charge in [-0.1, -0.05) is 54.2 Å². The summed E-state index contributed by atoms with van der Waals surface area (Å²) in [6.45, 7) is 1.89. The van der Waals surface area contributed by atoms with Crippen molar-refractivity contribution in [3.63, 3.8) is 0 Å². The molecule has 0 bridgehead atoms. The maximum atomic E-state index is 12.7. The Balaban J connectivity index is 1.26. The number of thiazole rings is 1. The number of ether oxygens (including phenoxy) is 1. The lowest BCUT2D eigenvalue weighted by molar-refractivity contribution is -0.118. The molecule has 0 radical (unpaired) electrons. The number of hydrogen-bond donors (Lipinski definition) is 1. The lowest BCUT2D eigenvalue weighted by atomic mass is 10.2. The van der Waals surface area contributed by atoms with Crippen LogP contribution in [0.25, 0.3) is 11.3 Å². The van der Waals surface area contributed by atoms with Crippen molar-refractivity contribution < 1.29 is 17.9 Å². The molecule has 0 spiro atoms. The molecule has 2 aromatic carbocycles. The second-order valence-corrected chi connectivity index (χ2v) is 11.1. The van der Waals surface area contributed by atoms with Crippen molar-refractivity contribution in [3.8, 4) is 11.3 Å². The van der Waals surface area contributed by atoms with Crippen LogP contribution in [0.15, 0.2) is 69.2 Å². The molecule has 1 saturated heterocycles. The van der Waals surface area contributed by atoms with E-state index in [1.54, 1.807) is 24.3 Å². The molecule has 7 nitrogen and oxygen atoms in total. The van der Waals surface area contributed by atoms with Crippen molar-refractivity contribution in [2.75, 3.05) is 32.1 Å². The van der Waals surface area contributed by atoms with E-state index in [9.17, 15) is 13.2 Å². The molecule has 0 unspecified atom stereocenters. The molecule has 168 valence electrons. The van der Waals surface area contributed by atoms with Crippen LogP contribution in [0.2, 0.25) is 0 Å². The molecular formula is C22H23N3O4S3. The SMILES string of the molecule is O=C(CSc1nc(-c2ccccc2)cs1)NCc1ccc(S(=O)(=O)N2CCOCC2)cc1. The Hall–Kier alpha value is -2.24. The van der Waals surface area contributed by atoms with Crippen LogP contribution >= 0.6 is 23.1 Å². The second kappa shape index (κ2) is 10.6. The van der Waals surface area contributed by atoms with Crippen LogP contribution in [0, 0.1) is 0 Å². The van der Waals surface area contributed by atoms with E-state index in [1.165, 1.54) is 27.4 Å². The summed E-state index contributed by atoms with van der Waals surface area (Å²) < 4.78 is 32.8. The van der Waals surface area contributed by atoms with Gasteiger partial charge < -0.3 is 10.1 Å². The normalized spacial score (nSPS) is 14.9. The highest BCUT2D eigenvalue weighted by Gasteiger charge is 2.26. The van der Waals surface area contributed by atoms with E-state index in [2.05, 4.69) is 10.3 Å². The number of benzene rings is 2. The number of thioether (sulfide) groups is 1. The standard InChI is InChI=1S/C22H23N3O4S3/c26-21(16-31-22-24-20(15-30-22)18-4-2-1-3-5-18)23-14-17-6-8-19(9-7-17)32(27,28)25-10-12-29-13-11-25/h1-9,15H,10-14,16H2,(H,23,26). The Bertz CT molecular complexity index is 1140. The third-order valence-corrected chi connectivity index (χ3v) is 8.83. The summed E-state index contributed by atoms with van der Waals surface area (Å²) in [5, 5.41) is 4.86. The fourth-order valence-corrected chi connectivity index (χ4v) is 6.23. The molecule has 1 N–H and O–H groups in total. The number of nitrogens with zero attached hydrogens (tertiary/aromatic N) is 2. The summed E-state index contributed by atoms with van der Waals surface area (Å²) >= 11 is 2.92.